The maximum absolute atomic E-state index is 12.7. The maximum atomic E-state index is 12.7. The fraction of sp³-hybridized carbons (Fsp3) is 0.263. The summed E-state index contributed by atoms with van der Waals surface area (Å²) in [7, 11) is 1.53. The Morgan fingerprint density at radius 3 is 2.30 bits per heavy atom. The van der Waals surface area contributed by atoms with Gasteiger partial charge in [-0.05, 0) is 37.1 Å². The van der Waals surface area contributed by atoms with Crippen molar-refractivity contribution in [1.29, 1.82) is 5.26 Å². The highest BCUT2D eigenvalue weighted by molar-refractivity contribution is 5.86. The summed E-state index contributed by atoms with van der Waals surface area (Å²) >= 11 is 0. The van der Waals surface area contributed by atoms with E-state index in [1.54, 1.807) is 19.1 Å². The molecule has 0 saturated carbocycles. The molecule has 0 radical (unpaired) electrons. The highest BCUT2D eigenvalue weighted by Gasteiger charge is 2.35. The summed E-state index contributed by atoms with van der Waals surface area (Å²) < 4.78 is 5.50. The van der Waals surface area contributed by atoms with Crippen LogP contribution in [0.25, 0.3) is 0 Å². The van der Waals surface area contributed by atoms with E-state index in [1.165, 1.54) is 7.11 Å². The molecule has 0 saturated heterocycles. The van der Waals surface area contributed by atoms with Gasteiger partial charge in [0, 0.05) is 7.11 Å². The number of carbonyl (C=O) groups excluding carboxylic acids is 1. The zero-order valence-electron chi connectivity index (χ0n) is 13.5. The number of hydrogen-bond acceptors (Lipinski definition) is 3. The number of methoxy groups -OCH3 is 1. The van der Waals surface area contributed by atoms with Gasteiger partial charge in [0.25, 0.3) is 5.91 Å². The summed E-state index contributed by atoms with van der Waals surface area (Å²) in [6.45, 7) is 3.66. The summed E-state index contributed by atoms with van der Waals surface area (Å²) in [6.07, 6.45) is 0. The van der Waals surface area contributed by atoms with Crippen LogP contribution in [-0.4, -0.2) is 13.0 Å². The van der Waals surface area contributed by atoms with Crippen molar-refractivity contribution in [3.8, 4) is 6.07 Å². The van der Waals surface area contributed by atoms with Gasteiger partial charge in [-0.2, -0.15) is 5.26 Å². The molecule has 2 aromatic rings. The Balaban J connectivity index is 2.17. The number of hydrogen-bond donors (Lipinski definition) is 1. The minimum atomic E-state index is -1.05. The van der Waals surface area contributed by atoms with Gasteiger partial charge in [0.1, 0.15) is 0 Å². The number of benzene rings is 2. The maximum Gasteiger partial charge on any atom is 0.257 e. The van der Waals surface area contributed by atoms with E-state index in [2.05, 4.69) is 11.4 Å². The molecule has 0 bridgehead atoms. The summed E-state index contributed by atoms with van der Waals surface area (Å²) in [5, 5.41) is 11.8. The Morgan fingerprint density at radius 2 is 1.78 bits per heavy atom. The van der Waals surface area contributed by atoms with E-state index in [0.29, 0.717) is 5.56 Å². The van der Waals surface area contributed by atoms with Gasteiger partial charge in [-0.15, -0.1) is 0 Å². The quantitative estimate of drug-likeness (QED) is 0.922. The molecule has 2 aromatic carbocycles. The van der Waals surface area contributed by atoms with Crippen molar-refractivity contribution in [2.75, 3.05) is 7.11 Å². The van der Waals surface area contributed by atoms with Crippen LogP contribution in [0.1, 0.15) is 36.6 Å². The molecular formula is C19H20N2O2. The number of ether oxygens (including phenoxy) is 1. The van der Waals surface area contributed by atoms with E-state index >= 15 is 0 Å². The molecular weight excluding hydrogens is 288 g/mol. The molecule has 118 valence electrons. The zero-order chi connectivity index (χ0) is 16.9. The van der Waals surface area contributed by atoms with Gasteiger partial charge in [-0.3, -0.25) is 4.79 Å². The van der Waals surface area contributed by atoms with Crippen LogP contribution in [0.3, 0.4) is 0 Å². The van der Waals surface area contributed by atoms with Crippen LogP contribution >= 0.6 is 0 Å². The third-order valence-electron chi connectivity index (χ3n) is 4.05. The van der Waals surface area contributed by atoms with Crippen molar-refractivity contribution < 1.29 is 9.53 Å². The van der Waals surface area contributed by atoms with E-state index in [9.17, 15) is 4.79 Å². The molecule has 0 aliphatic heterocycles. The molecule has 0 fully saturated rings. The van der Waals surface area contributed by atoms with Crippen LogP contribution < -0.4 is 5.32 Å². The molecule has 0 spiro atoms. The first-order chi connectivity index (χ1) is 11.0. The van der Waals surface area contributed by atoms with Gasteiger partial charge < -0.3 is 10.1 Å². The van der Waals surface area contributed by atoms with Crippen LogP contribution in [0.5, 0.6) is 0 Å². The van der Waals surface area contributed by atoms with Crippen molar-refractivity contribution >= 4 is 5.91 Å². The molecule has 0 unspecified atom stereocenters. The summed E-state index contributed by atoms with van der Waals surface area (Å²) in [6, 6.07) is 18.5. The van der Waals surface area contributed by atoms with Gasteiger partial charge >= 0.3 is 0 Å². The molecule has 4 heteroatoms. The molecule has 0 heterocycles. The number of amides is 1. The van der Waals surface area contributed by atoms with Gasteiger partial charge in [-0.1, -0.05) is 42.5 Å². The van der Waals surface area contributed by atoms with Gasteiger partial charge in [0.15, 0.2) is 5.60 Å². The average molecular weight is 308 g/mol. The lowest BCUT2D eigenvalue weighted by Gasteiger charge is -2.29. The lowest BCUT2D eigenvalue weighted by molar-refractivity contribution is -0.143. The van der Waals surface area contributed by atoms with Crippen LogP contribution in [0, 0.1) is 11.3 Å². The van der Waals surface area contributed by atoms with Crippen molar-refractivity contribution in [3.05, 3.63) is 71.3 Å². The minimum absolute atomic E-state index is 0.187. The molecule has 1 amide bonds. The Morgan fingerprint density at radius 1 is 1.17 bits per heavy atom. The number of nitriles is 1. The van der Waals surface area contributed by atoms with Gasteiger partial charge in [-0.25, -0.2) is 0 Å². The molecule has 0 aromatic heterocycles. The van der Waals surface area contributed by atoms with E-state index in [4.69, 9.17) is 10.00 Å². The normalized spacial score (nSPS) is 14.3. The first-order valence-electron chi connectivity index (χ1n) is 7.43. The second-order valence-corrected chi connectivity index (χ2v) is 5.53. The summed E-state index contributed by atoms with van der Waals surface area (Å²) in [5.74, 6) is -0.206. The van der Waals surface area contributed by atoms with Crippen molar-refractivity contribution in [1.82, 2.24) is 5.32 Å². The van der Waals surface area contributed by atoms with Crippen molar-refractivity contribution in [3.63, 3.8) is 0 Å². The fourth-order valence-corrected chi connectivity index (χ4v) is 2.36. The highest BCUT2D eigenvalue weighted by atomic mass is 16.5. The Labute approximate surface area is 136 Å². The smallest absolute Gasteiger partial charge is 0.257 e. The van der Waals surface area contributed by atoms with Crippen LogP contribution in [0.2, 0.25) is 0 Å². The van der Waals surface area contributed by atoms with Crippen LogP contribution in [-0.2, 0) is 15.1 Å². The predicted molar refractivity (Wildman–Crippen MR) is 88.5 cm³/mol. The van der Waals surface area contributed by atoms with Gasteiger partial charge in [0.2, 0.25) is 0 Å². The molecule has 0 aliphatic rings. The van der Waals surface area contributed by atoms with Crippen molar-refractivity contribution in [2.45, 2.75) is 25.5 Å². The summed E-state index contributed by atoms with van der Waals surface area (Å²) in [4.78, 5) is 12.7. The standard InChI is InChI=1S/C19H20N2O2/c1-14(16-11-9-15(13-20)10-12-16)21-18(22)19(2,23-3)17-7-5-4-6-8-17/h4-12,14H,1-3H3,(H,21,22)/t14-,19-/m1/s1. The highest BCUT2D eigenvalue weighted by Crippen LogP contribution is 2.26. The van der Waals surface area contributed by atoms with E-state index in [0.717, 1.165) is 11.1 Å². The van der Waals surface area contributed by atoms with Gasteiger partial charge in [0.05, 0.1) is 17.7 Å². The molecule has 4 nitrogen and oxygen atoms in total. The number of rotatable bonds is 5. The first kappa shape index (κ1) is 16.7. The Kier molecular flexibility index (Phi) is 5.15. The minimum Gasteiger partial charge on any atom is -0.364 e. The first-order valence-corrected chi connectivity index (χ1v) is 7.43. The third-order valence-corrected chi connectivity index (χ3v) is 4.05. The molecule has 2 rings (SSSR count). The third kappa shape index (κ3) is 3.58. The van der Waals surface area contributed by atoms with Crippen LogP contribution in [0.4, 0.5) is 0 Å². The number of carbonyl (C=O) groups is 1. The lowest BCUT2D eigenvalue weighted by Crippen LogP contribution is -2.44. The monoisotopic (exact) mass is 308 g/mol. The topological polar surface area (TPSA) is 62.1 Å². The predicted octanol–water partition coefficient (Wildman–Crippen LogP) is 3.30. The number of nitrogens with zero attached hydrogens (tertiary/aromatic N) is 1. The molecule has 23 heavy (non-hydrogen) atoms. The SMILES string of the molecule is CO[C@@](C)(C(=O)N[C@H](C)c1ccc(C#N)cc1)c1ccccc1. The Hall–Kier alpha value is -2.64. The second-order valence-electron chi connectivity index (χ2n) is 5.53. The summed E-state index contributed by atoms with van der Waals surface area (Å²) in [5.41, 5.74) is 1.27. The zero-order valence-corrected chi connectivity index (χ0v) is 13.5. The van der Waals surface area contributed by atoms with Crippen LogP contribution in [0.15, 0.2) is 54.6 Å². The van der Waals surface area contributed by atoms with E-state index < -0.39 is 5.60 Å². The number of nitrogens with one attached hydrogen (secondary N) is 1. The van der Waals surface area contributed by atoms with Crippen molar-refractivity contribution in [2.24, 2.45) is 0 Å². The Bertz CT molecular complexity index is 704. The molecule has 1 N–H and O–H groups in total. The lowest BCUT2D eigenvalue weighted by atomic mass is 9.94. The largest absolute Gasteiger partial charge is 0.364 e. The molecule has 2 atom stereocenters. The second kappa shape index (κ2) is 7.08. The van der Waals surface area contributed by atoms with E-state index in [-0.39, 0.29) is 11.9 Å². The molecule has 0 aliphatic carbocycles. The fourth-order valence-electron chi connectivity index (χ4n) is 2.36. The average Bonchev–Trinajstić information content (AvgIpc) is 2.61. The van der Waals surface area contributed by atoms with E-state index in [1.807, 2.05) is 49.4 Å².